The van der Waals surface area contributed by atoms with Crippen LogP contribution in [0.4, 0.5) is 5.82 Å². The lowest BCUT2D eigenvalue weighted by Gasteiger charge is -2.51. The van der Waals surface area contributed by atoms with Crippen LogP contribution in [-0.4, -0.2) is 117 Å². The van der Waals surface area contributed by atoms with Crippen LogP contribution in [0.25, 0.3) is 0 Å². The zero-order valence-electron chi connectivity index (χ0n) is 34.2. The number of hydrogen-bond acceptors (Lipinski definition) is 13. The Labute approximate surface area is 347 Å². The molecule has 1 amide bonds. The maximum Gasteiger partial charge on any atom is 0.283 e. The molecule has 316 valence electrons. The van der Waals surface area contributed by atoms with Crippen LogP contribution < -0.4 is 14.4 Å². The standard InChI is InChI=1S/C42H58ClN7O7S/c1-29-8-7-17-42(55-4,28-49-21-19-48(20-22-49)26-39-44-30(2)57-46-39)35-13-11-32(35)25-50-18-6-5-9-31-24-34(43)12-10-33(31)27-56-37-15-14-36(45-40(37)50)41(51)47-58(52,53)38(29)16-23-54-3/h7,10,12,14-15,17,24,29,32,35,38H,5-6,8-9,11,13,16,18-23,25-28H2,1-4H3,(H,47,51)/b17-7+/t29-,32-,35+,38+,42+/m0/s1. The van der Waals surface area contributed by atoms with Gasteiger partial charge in [0.05, 0.1) is 11.8 Å². The molecule has 2 bridgehead atoms. The summed E-state index contributed by atoms with van der Waals surface area (Å²) in [6, 6.07) is 9.20. The van der Waals surface area contributed by atoms with Gasteiger partial charge in [-0.15, -0.1) is 0 Å². The molecular formula is C42H58ClN7O7S. The summed E-state index contributed by atoms with van der Waals surface area (Å²) in [7, 11) is -0.768. The largest absolute Gasteiger partial charge is 0.485 e. The van der Waals surface area contributed by atoms with Gasteiger partial charge in [-0.1, -0.05) is 41.9 Å². The number of anilines is 1. The molecule has 2 fully saturated rings. The summed E-state index contributed by atoms with van der Waals surface area (Å²) < 4.78 is 54.2. The van der Waals surface area contributed by atoms with Crippen LogP contribution in [0, 0.1) is 24.7 Å². The Morgan fingerprint density at radius 2 is 1.83 bits per heavy atom. The molecule has 5 heterocycles. The zero-order chi connectivity index (χ0) is 40.9. The van der Waals surface area contributed by atoms with E-state index in [0.717, 1.165) is 69.4 Å². The van der Waals surface area contributed by atoms with Crippen molar-refractivity contribution in [2.75, 3.05) is 71.5 Å². The van der Waals surface area contributed by atoms with E-state index < -0.39 is 26.8 Å². The Kier molecular flexibility index (Phi) is 13.8. The smallest absolute Gasteiger partial charge is 0.283 e. The summed E-state index contributed by atoms with van der Waals surface area (Å²) in [5.41, 5.74) is 1.60. The minimum Gasteiger partial charge on any atom is -0.485 e. The van der Waals surface area contributed by atoms with Crippen LogP contribution in [-0.2, 0) is 39.1 Å². The van der Waals surface area contributed by atoms with Gasteiger partial charge in [-0.05, 0) is 98.1 Å². The number of fused-ring (bicyclic) bond motifs is 3. The maximum atomic E-state index is 14.0. The number of carbonyl (C=O) groups excluding carboxylic acids is 1. The van der Waals surface area contributed by atoms with Gasteiger partial charge in [-0.2, -0.15) is 4.98 Å². The molecule has 2 aromatic heterocycles. The SMILES string of the molecule is COCC[C@@H]1[C@@H](C)C/C=C/[C@](CN2CCN(Cc3noc(C)n3)CC2)(OC)[C@@H]2CC[C@H]2CN2CCCCc3cc(Cl)ccc3COc3ccc(nc32)C(=O)NS1(=O)=O. The van der Waals surface area contributed by atoms with Gasteiger partial charge in [0, 0.05) is 78.6 Å². The summed E-state index contributed by atoms with van der Waals surface area (Å²) in [5, 5.41) is 3.91. The van der Waals surface area contributed by atoms with Gasteiger partial charge >= 0.3 is 0 Å². The number of hydrogen-bond donors (Lipinski definition) is 1. The van der Waals surface area contributed by atoms with E-state index in [0.29, 0.717) is 67.5 Å². The number of nitrogens with one attached hydrogen (secondary N) is 1. The molecule has 16 heteroatoms. The lowest BCUT2D eigenvalue weighted by atomic mass is 9.63. The highest BCUT2D eigenvalue weighted by molar-refractivity contribution is 7.90. The molecule has 58 heavy (non-hydrogen) atoms. The van der Waals surface area contributed by atoms with E-state index in [-0.39, 0.29) is 36.5 Å². The number of aryl methyl sites for hydroxylation is 2. The second-order valence-electron chi connectivity index (χ2n) is 16.4. The van der Waals surface area contributed by atoms with Gasteiger partial charge in [0.25, 0.3) is 5.91 Å². The van der Waals surface area contributed by atoms with E-state index in [4.69, 9.17) is 35.3 Å². The zero-order valence-corrected chi connectivity index (χ0v) is 35.8. The van der Waals surface area contributed by atoms with Crippen LogP contribution in [0.2, 0.25) is 5.02 Å². The van der Waals surface area contributed by atoms with E-state index >= 15 is 0 Å². The van der Waals surface area contributed by atoms with Crippen molar-refractivity contribution in [3.63, 3.8) is 0 Å². The molecule has 0 radical (unpaired) electrons. The lowest BCUT2D eigenvalue weighted by Crippen LogP contribution is -2.58. The van der Waals surface area contributed by atoms with E-state index in [2.05, 4.69) is 41.7 Å². The number of pyridine rings is 1. The Bertz CT molecular complexity index is 2020. The van der Waals surface area contributed by atoms with Crippen molar-refractivity contribution in [3.05, 3.63) is 76.0 Å². The first kappa shape index (κ1) is 42.5. The second kappa shape index (κ2) is 18.8. The molecule has 3 aliphatic heterocycles. The van der Waals surface area contributed by atoms with Crippen molar-refractivity contribution >= 4 is 33.3 Å². The normalized spacial score (nSPS) is 27.9. The van der Waals surface area contributed by atoms with E-state index in [1.54, 1.807) is 26.2 Å². The minimum absolute atomic E-state index is 0.0214. The molecule has 1 aliphatic carbocycles. The van der Waals surface area contributed by atoms with Crippen LogP contribution in [0.5, 0.6) is 5.75 Å². The molecule has 1 saturated heterocycles. The Morgan fingerprint density at radius 3 is 2.55 bits per heavy atom. The van der Waals surface area contributed by atoms with E-state index in [1.165, 1.54) is 0 Å². The number of rotatable bonds is 8. The monoisotopic (exact) mass is 839 g/mol. The molecule has 4 aliphatic rings. The average molecular weight is 840 g/mol. The number of methoxy groups -OCH3 is 2. The van der Waals surface area contributed by atoms with Crippen molar-refractivity contribution in [1.29, 1.82) is 0 Å². The summed E-state index contributed by atoms with van der Waals surface area (Å²) >= 11 is 6.42. The fourth-order valence-electron chi connectivity index (χ4n) is 9.15. The highest BCUT2D eigenvalue weighted by Crippen LogP contribution is 2.46. The first-order valence-corrected chi connectivity index (χ1v) is 22.6. The Balaban J connectivity index is 1.22. The van der Waals surface area contributed by atoms with Gasteiger partial charge in [0.1, 0.15) is 17.9 Å². The predicted octanol–water partition coefficient (Wildman–Crippen LogP) is 5.44. The van der Waals surface area contributed by atoms with Crippen LogP contribution in [0.15, 0.2) is 47.0 Å². The van der Waals surface area contributed by atoms with Gasteiger partial charge in [0.2, 0.25) is 15.9 Å². The average Bonchev–Trinajstić information content (AvgIpc) is 3.59. The predicted molar refractivity (Wildman–Crippen MR) is 221 cm³/mol. The molecule has 1 saturated carbocycles. The number of amides is 1. The Hall–Kier alpha value is -3.60. The minimum atomic E-state index is -4.13. The van der Waals surface area contributed by atoms with Crippen LogP contribution in [0.3, 0.4) is 0 Å². The van der Waals surface area contributed by atoms with Crippen molar-refractivity contribution in [2.45, 2.75) is 82.8 Å². The third-order valence-corrected chi connectivity index (χ3v) is 14.8. The first-order valence-electron chi connectivity index (χ1n) is 20.6. The summed E-state index contributed by atoms with van der Waals surface area (Å²) in [6.45, 7) is 10.4. The molecule has 1 aromatic carbocycles. The molecular weight excluding hydrogens is 782 g/mol. The molecule has 5 atom stereocenters. The number of ether oxygens (including phenoxy) is 3. The number of nitrogens with zero attached hydrogens (tertiary/aromatic N) is 6. The molecule has 14 nitrogen and oxygen atoms in total. The summed E-state index contributed by atoms with van der Waals surface area (Å²) in [4.78, 5) is 30.2. The van der Waals surface area contributed by atoms with Crippen molar-refractivity contribution in [1.82, 2.24) is 29.6 Å². The number of halogens is 1. The molecule has 7 rings (SSSR count). The maximum absolute atomic E-state index is 14.0. The van der Waals surface area contributed by atoms with Gasteiger partial charge in [0.15, 0.2) is 17.4 Å². The van der Waals surface area contributed by atoms with E-state index in [1.807, 2.05) is 32.2 Å². The number of carbonyl (C=O) groups is 1. The number of allylic oxidation sites excluding steroid dienone is 1. The number of aromatic nitrogens is 3. The second-order valence-corrected chi connectivity index (χ2v) is 18.8. The first-order chi connectivity index (χ1) is 28.0. The van der Waals surface area contributed by atoms with Crippen molar-refractivity contribution in [2.24, 2.45) is 17.8 Å². The fraction of sp³-hybridized carbons (Fsp3) is 0.619. The topological polar surface area (TPSA) is 152 Å². The highest BCUT2D eigenvalue weighted by Gasteiger charge is 2.48. The number of sulfonamides is 1. The summed E-state index contributed by atoms with van der Waals surface area (Å²) in [6.07, 6.45) is 9.70. The quantitative estimate of drug-likeness (QED) is 0.287. The number of benzene rings is 1. The highest BCUT2D eigenvalue weighted by atomic mass is 35.5. The number of piperazine rings is 1. The fourth-order valence-corrected chi connectivity index (χ4v) is 11.0. The molecule has 0 spiro atoms. The molecule has 1 N–H and O–H groups in total. The molecule has 3 aromatic rings. The van der Waals surface area contributed by atoms with Crippen molar-refractivity contribution < 1.29 is 31.9 Å². The van der Waals surface area contributed by atoms with Crippen molar-refractivity contribution in [3.8, 4) is 5.75 Å². The lowest BCUT2D eigenvalue weighted by molar-refractivity contribution is -0.0956. The van der Waals surface area contributed by atoms with Gasteiger partial charge in [-0.3, -0.25) is 14.6 Å². The van der Waals surface area contributed by atoms with Crippen LogP contribution >= 0.6 is 11.6 Å². The molecule has 0 unspecified atom stereocenters. The third-order valence-electron chi connectivity index (χ3n) is 12.6. The Morgan fingerprint density at radius 1 is 1.02 bits per heavy atom. The van der Waals surface area contributed by atoms with Gasteiger partial charge in [-0.25, -0.2) is 18.1 Å². The van der Waals surface area contributed by atoms with E-state index in [9.17, 15) is 13.2 Å². The summed E-state index contributed by atoms with van der Waals surface area (Å²) in [5.74, 6) is 1.71. The van der Waals surface area contributed by atoms with Gasteiger partial charge < -0.3 is 23.6 Å². The third kappa shape index (κ3) is 9.88. The van der Waals surface area contributed by atoms with Crippen LogP contribution in [0.1, 0.15) is 78.8 Å².